The number of nitrogens with one attached hydrogen (secondary N) is 2. The number of nitrogens with zero attached hydrogens (tertiary/aromatic N) is 5. The van der Waals surface area contributed by atoms with E-state index in [0.29, 0.717) is 34.3 Å². The van der Waals surface area contributed by atoms with Crippen molar-refractivity contribution >= 4 is 44.4 Å². The molecule has 0 saturated carbocycles. The Morgan fingerprint density at radius 3 is 2.59 bits per heavy atom. The molecule has 1 aliphatic rings. The van der Waals surface area contributed by atoms with E-state index in [9.17, 15) is 13.2 Å². The normalized spacial score (nSPS) is 15.5. The predicted octanol–water partition coefficient (Wildman–Crippen LogP) is 2.17. The Bertz CT molecular complexity index is 1300. The van der Waals surface area contributed by atoms with E-state index in [2.05, 4.69) is 35.4 Å². The molecular formula is C21H25N7O3S. The van der Waals surface area contributed by atoms with Gasteiger partial charge in [0.05, 0.1) is 11.1 Å². The van der Waals surface area contributed by atoms with Crippen LogP contribution in [0.3, 0.4) is 0 Å². The van der Waals surface area contributed by atoms with Crippen molar-refractivity contribution in [2.75, 3.05) is 36.6 Å². The van der Waals surface area contributed by atoms with Crippen LogP contribution in [0.15, 0.2) is 45.1 Å². The van der Waals surface area contributed by atoms with Gasteiger partial charge in [-0.15, -0.1) is 0 Å². The van der Waals surface area contributed by atoms with Crippen molar-refractivity contribution in [1.82, 2.24) is 20.2 Å². The van der Waals surface area contributed by atoms with Crippen LogP contribution in [-0.4, -0.2) is 61.2 Å². The van der Waals surface area contributed by atoms with Gasteiger partial charge in [0.1, 0.15) is 16.7 Å². The Kier molecular flexibility index (Phi) is 6.17. The van der Waals surface area contributed by atoms with Crippen molar-refractivity contribution in [3.63, 3.8) is 0 Å². The SMILES string of the molecule is C/N=C\CC1CCN(c2nc(Nc3ccc(S(C)(=O)=O)cc3)c3c(=O)[nH]ncc3n2)CC1. The molecule has 1 saturated heterocycles. The van der Waals surface area contributed by atoms with Crippen LogP contribution in [0.2, 0.25) is 0 Å². The Morgan fingerprint density at radius 2 is 1.94 bits per heavy atom. The number of piperidine rings is 1. The summed E-state index contributed by atoms with van der Waals surface area (Å²) in [6, 6.07) is 6.30. The van der Waals surface area contributed by atoms with Crippen molar-refractivity contribution in [2.45, 2.75) is 24.2 Å². The molecule has 168 valence electrons. The van der Waals surface area contributed by atoms with E-state index in [1.807, 2.05) is 6.21 Å². The summed E-state index contributed by atoms with van der Waals surface area (Å²) < 4.78 is 23.4. The van der Waals surface area contributed by atoms with Gasteiger partial charge in [-0.2, -0.15) is 10.1 Å². The van der Waals surface area contributed by atoms with Gasteiger partial charge in [0, 0.05) is 32.1 Å². The molecule has 11 heteroatoms. The zero-order valence-corrected chi connectivity index (χ0v) is 18.8. The first-order chi connectivity index (χ1) is 15.3. The molecular weight excluding hydrogens is 430 g/mol. The fraction of sp³-hybridized carbons (Fsp3) is 0.381. The minimum Gasteiger partial charge on any atom is -0.341 e. The van der Waals surface area contributed by atoms with Gasteiger partial charge in [-0.3, -0.25) is 4.79 Å². The lowest BCUT2D eigenvalue weighted by atomic mass is 9.94. The maximum atomic E-state index is 12.5. The summed E-state index contributed by atoms with van der Waals surface area (Å²) >= 11 is 0. The summed E-state index contributed by atoms with van der Waals surface area (Å²) in [7, 11) is -1.51. The molecule has 0 amide bonds. The van der Waals surface area contributed by atoms with Crippen LogP contribution < -0.4 is 15.8 Å². The Balaban J connectivity index is 1.65. The molecule has 0 unspecified atom stereocenters. The fourth-order valence-corrected chi connectivity index (χ4v) is 4.40. The number of aliphatic imine (C=N–C) groups is 1. The van der Waals surface area contributed by atoms with Crippen molar-refractivity contribution in [3.05, 3.63) is 40.8 Å². The van der Waals surface area contributed by atoms with Gasteiger partial charge in [0.25, 0.3) is 5.56 Å². The van der Waals surface area contributed by atoms with E-state index < -0.39 is 15.4 Å². The number of H-pyrrole nitrogens is 1. The van der Waals surface area contributed by atoms with Crippen molar-refractivity contribution in [3.8, 4) is 0 Å². The third kappa shape index (κ3) is 4.77. The number of aromatic nitrogens is 4. The van der Waals surface area contributed by atoms with Crippen LogP contribution in [0, 0.1) is 5.92 Å². The standard InChI is InChI=1S/C21H25N7O3S/c1-22-10-7-14-8-11-28(12-9-14)21-25-17-13-23-27-20(29)18(17)19(26-21)24-15-3-5-16(6-4-15)32(2,30)31/h3-6,10,13-14H,7-9,11-12H2,1-2H3,(H,27,29)(H,24,25,26)/b22-10-. The number of fused-ring (bicyclic) bond motifs is 1. The minimum atomic E-state index is -3.30. The predicted molar refractivity (Wildman–Crippen MR) is 125 cm³/mol. The van der Waals surface area contributed by atoms with E-state index >= 15 is 0 Å². The highest BCUT2D eigenvalue weighted by Gasteiger charge is 2.22. The molecule has 0 radical (unpaired) electrons. The van der Waals surface area contributed by atoms with Crippen molar-refractivity contribution in [2.24, 2.45) is 10.9 Å². The quantitative estimate of drug-likeness (QED) is 0.540. The number of benzene rings is 1. The van der Waals surface area contributed by atoms with Gasteiger partial charge in [-0.05, 0) is 55.7 Å². The largest absolute Gasteiger partial charge is 0.341 e. The lowest BCUT2D eigenvalue weighted by Crippen LogP contribution is -2.35. The Hall–Kier alpha value is -3.34. The lowest BCUT2D eigenvalue weighted by Gasteiger charge is -2.31. The second-order valence-corrected chi connectivity index (χ2v) is 9.88. The van der Waals surface area contributed by atoms with Gasteiger partial charge in [0.15, 0.2) is 9.84 Å². The van der Waals surface area contributed by atoms with Crippen LogP contribution in [-0.2, 0) is 9.84 Å². The third-order valence-corrected chi connectivity index (χ3v) is 6.70. The van der Waals surface area contributed by atoms with Gasteiger partial charge in [-0.1, -0.05) is 0 Å². The van der Waals surface area contributed by atoms with Crippen LogP contribution in [0.5, 0.6) is 0 Å². The topological polar surface area (TPSA) is 133 Å². The molecule has 10 nitrogen and oxygen atoms in total. The maximum Gasteiger partial charge on any atom is 0.277 e. The molecule has 0 bridgehead atoms. The number of aromatic amines is 1. The molecule has 2 aromatic heterocycles. The van der Waals surface area contributed by atoms with Crippen LogP contribution in [0.1, 0.15) is 19.3 Å². The van der Waals surface area contributed by atoms with E-state index in [0.717, 1.165) is 38.6 Å². The van der Waals surface area contributed by atoms with Crippen molar-refractivity contribution in [1.29, 1.82) is 0 Å². The molecule has 4 rings (SSSR count). The molecule has 0 aliphatic carbocycles. The van der Waals surface area contributed by atoms with E-state index in [1.165, 1.54) is 18.3 Å². The zero-order chi connectivity index (χ0) is 22.7. The average Bonchev–Trinajstić information content (AvgIpc) is 2.77. The highest BCUT2D eigenvalue weighted by Crippen LogP contribution is 2.27. The van der Waals surface area contributed by atoms with E-state index in [4.69, 9.17) is 0 Å². The molecule has 3 heterocycles. The highest BCUT2D eigenvalue weighted by molar-refractivity contribution is 7.90. The van der Waals surface area contributed by atoms with Gasteiger partial charge in [-0.25, -0.2) is 18.5 Å². The van der Waals surface area contributed by atoms with E-state index in [-0.39, 0.29) is 4.90 Å². The van der Waals surface area contributed by atoms with Crippen LogP contribution in [0.25, 0.3) is 10.9 Å². The Morgan fingerprint density at radius 1 is 1.22 bits per heavy atom. The third-order valence-electron chi connectivity index (χ3n) is 5.57. The second-order valence-electron chi connectivity index (χ2n) is 7.86. The summed E-state index contributed by atoms with van der Waals surface area (Å²) in [4.78, 5) is 28.1. The number of hydrogen-bond acceptors (Lipinski definition) is 9. The molecule has 32 heavy (non-hydrogen) atoms. The first-order valence-corrected chi connectivity index (χ1v) is 12.2. The van der Waals surface area contributed by atoms with Gasteiger partial charge >= 0.3 is 0 Å². The molecule has 3 aromatic rings. The van der Waals surface area contributed by atoms with Gasteiger partial charge in [0.2, 0.25) is 5.95 Å². The number of sulfone groups is 1. The summed E-state index contributed by atoms with van der Waals surface area (Å²) in [6.45, 7) is 1.62. The van der Waals surface area contributed by atoms with E-state index in [1.54, 1.807) is 19.2 Å². The smallest absolute Gasteiger partial charge is 0.277 e. The average molecular weight is 456 g/mol. The zero-order valence-electron chi connectivity index (χ0n) is 17.9. The highest BCUT2D eigenvalue weighted by atomic mass is 32.2. The molecule has 0 spiro atoms. The Labute approximate surface area is 185 Å². The molecule has 1 fully saturated rings. The molecule has 2 N–H and O–H groups in total. The second kappa shape index (κ2) is 9.03. The molecule has 0 atom stereocenters. The summed E-state index contributed by atoms with van der Waals surface area (Å²) in [5.41, 5.74) is 0.647. The number of hydrogen-bond donors (Lipinski definition) is 2. The van der Waals surface area contributed by atoms with Crippen LogP contribution in [0.4, 0.5) is 17.5 Å². The fourth-order valence-electron chi connectivity index (χ4n) is 3.77. The molecule has 1 aromatic carbocycles. The summed E-state index contributed by atoms with van der Waals surface area (Å²) in [5, 5.41) is 9.74. The maximum absolute atomic E-state index is 12.5. The van der Waals surface area contributed by atoms with Crippen LogP contribution >= 0.6 is 0 Å². The monoisotopic (exact) mass is 455 g/mol. The van der Waals surface area contributed by atoms with Gasteiger partial charge < -0.3 is 15.2 Å². The summed E-state index contributed by atoms with van der Waals surface area (Å²) in [6.07, 6.45) is 7.61. The number of rotatable bonds is 6. The first kappa shape index (κ1) is 21.9. The number of anilines is 3. The minimum absolute atomic E-state index is 0.217. The summed E-state index contributed by atoms with van der Waals surface area (Å²) in [5.74, 6) is 1.47. The van der Waals surface area contributed by atoms with Crippen molar-refractivity contribution < 1.29 is 8.42 Å². The lowest BCUT2D eigenvalue weighted by molar-refractivity contribution is 0.416. The first-order valence-electron chi connectivity index (χ1n) is 10.3. The molecule has 1 aliphatic heterocycles.